The van der Waals surface area contributed by atoms with E-state index in [0.29, 0.717) is 0 Å². The van der Waals surface area contributed by atoms with Crippen LogP contribution >= 0.6 is 0 Å². The number of carbonyl (C=O) groups excluding carboxylic acids is 1. The maximum absolute atomic E-state index is 12.2. The largest absolute Gasteiger partial charge is 0.394 e. The number of amides is 1. The van der Waals surface area contributed by atoms with Gasteiger partial charge in [0.25, 0.3) is 5.56 Å². The zero-order valence-corrected chi connectivity index (χ0v) is 14.5. The van der Waals surface area contributed by atoms with E-state index in [0.717, 1.165) is 0 Å². The van der Waals surface area contributed by atoms with Gasteiger partial charge in [-0.25, -0.2) is 4.98 Å². The monoisotopic (exact) mass is 367 g/mol. The molecule has 4 unspecified atom stereocenters. The highest BCUT2D eigenvalue weighted by Gasteiger charge is 2.45. The molecule has 4 N–H and O–H groups in total. The Bertz CT molecular complexity index is 862. The molecule has 3 heterocycles. The van der Waals surface area contributed by atoms with Crippen molar-refractivity contribution in [2.24, 2.45) is 5.92 Å². The number of carbonyl (C=O) groups is 1. The molecule has 0 spiro atoms. The highest BCUT2D eigenvalue weighted by molar-refractivity contribution is 5.91. The molecule has 2 aromatic heterocycles. The molecule has 1 amide bonds. The molecule has 11 nitrogen and oxygen atoms in total. The third-order valence-corrected chi connectivity index (χ3v) is 4.23. The minimum absolute atomic E-state index is 0.0302. The lowest BCUT2D eigenvalue weighted by atomic mass is 10.1. The molecule has 0 saturated carbocycles. The molecule has 0 bridgehead atoms. The van der Waals surface area contributed by atoms with Crippen LogP contribution in [0.3, 0.4) is 0 Å². The number of hydrogen-bond acceptors (Lipinski definition) is 8. The standard InChI is InChI=1S/C15H21N5O6/c1-6(2)12(23)18-15-17-11-8(13(24)19-15)16-5-20(11)14-9(22)10(25-3)7(4-21)26-14/h5-7,9-10,14,21-22H,4H2,1-3H3,(H2,17,18,19,23,24). The number of aromatic amines is 1. The predicted octanol–water partition coefficient (Wildman–Crippen LogP) is -1.02. The van der Waals surface area contributed by atoms with Crippen molar-refractivity contribution in [2.75, 3.05) is 19.0 Å². The Morgan fingerprint density at radius 2 is 2.27 bits per heavy atom. The van der Waals surface area contributed by atoms with E-state index in [1.54, 1.807) is 13.8 Å². The predicted molar refractivity (Wildman–Crippen MR) is 89.4 cm³/mol. The Kier molecular flexibility index (Phi) is 5.05. The van der Waals surface area contributed by atoms with Crippen LogP contribution in [0.2, 0.25) is 0 Å². The first kappa shape index (κ1) is 18.5. The van der Waals surface area contributed by atoms with Gasteiger partial charge in [0.2, 0.25) is 11.9 Å². The minimum atomic E-state index is -1.11. The van der Waals surface area contributed by atoms with Crippen molar-refractivity contribution < 1.29 is 24.5 Å². The van der Waals surface area contributed by atoms with Crippen LogP contribution in [0.15, 0.2) is 11.1 Å². The van der Waals surface area contributed by atoms with E-state index >= 15 is 0 Å². The zero-order valence-electron chi connectivity index (χ0n) is 14.5. The fourth-order valence-electron chi connectivity index (χ4n) is 2.82. The maximum Gasteiger partial charge on any atom is 0.280 e. The lowest BCUT2D eigenvalue weighted by molar-refractivity contribution is -0.118. The molecule has 3 rings (SSSR count). The van der Waals surface area contributed by atoms with Gasteiger partial charge in [0.15, 0.2) is 17.4 Å². The molecule has 142 valence electrons. The van der Waals surface area contributed by atoms with E-state index in [-0.39, 0.29) is 35.5 Å². The molecule has 0 radical (unpaired) electrons. The summed E-state index contributed by atoms with van der Waals surface area (Å²) in [5.41, 5.74) is -0.377. The van der Waals surface area contributed by atoms with Gasteiger partial charge < -0.3 is 19.7 Å². The number of aliphatic hydroxyl groups excluding tert-OH is 2. The molecule has 1 aliphatic rings. The normalized spacial score (nSPS) is 25.9. The highest BCUT2D eigenvalue weighted by atomic mass is 16.6. The number of H-pyrrole nitrogens is 1. The fourth-order valence-corrected chi connectivity index (χ4v) is 2.82. The summed E-state index contributed by atoms with van der Waals surface area (Å²) in [5.74, 6) is -0.637. The van der Waals surface area contributed by atoms with Gasteiger partial charge in [0, 0.05) is 13.0 Å². The number of anilines is 1. The molecular weight excluding hydrogens is 346 g/mol. The molecule has 4 atom stereocenters. The summed E-state index contributed by atoms with van der Waals surface area (Å²) < 4.78 is 12.2. The van der Waals surface area contributed by atoms with E-state index in [1.165, 1.54) is 18.0 Å². The number of rotatable bonds is 5. The van der Waals surface area contributed by atoms with Crippen molar-refractivity contribution in [3.63, 3.8) is 0 Å². The Morgan fingerprint density at radius 1 is 1.54 bits per heavy atom. The lowest BCUT2D eigenvalue weighted by Gasteiger charge is -2.18. The van der Waals surface area contributed by atoms with Gasteiger partial charge >= 0.3 is 0 Å². The number of hydrogen-bond donors (Lipinski definition) is 4. The maximum atomic E-state index is 12.2. The molecule has 11 heteroatoms. The number of imidazole rings is 1. The number of methoxy groups -OCH3 is 1. The van der Waals surface area contributed by atoms with Gasteiger partial charge in [-0.3, -0.25) is 24.5 Å². The van der Waals surface area contributed by atoms with Gasteiger partial charge in [-0.1, -0.05) is 13.8 Å². The van der Waals surface area contributed by atoms with Crippen LogP contribution in [-0.2, 0) is 14.3 Å². The summed E-state index contributed by atoms with van der Waals surface area (Å²) in [5, 5.41) is 22.4. The average molecular weight is 367 g/mol. The minimum Gasteiger partial charge on any atom is -0.394 e. The lowest BCUT2D eigenvalue weighted by Crippen LogP contribution is -2.35. The number of fused-ring (bicyclic) bond motifs is 1. The Morgan fingerprint density at radius 3 is 2.85 bits per heavy atom. The van der Waals surface area contributed by atoms with Crippen molar-refractivity contribution in [1.29, 1.82) is 0 Å². The van der Waals surface area contributed by atoms with Gasteiger partial charge in [-0.15, -0.1) is 0 Å². The third kappa shape index (κ3) is 3.09. The van der Waals surface area contributed by atoms with Crippen molar-refractivity contribution in [3.8, 4) is 0 Å². The number of nitrogens with zero attached hydrogens (tertiary/aromatic N) is 3. The van der Waals surface area contributed by atoms with E-state index in [2.05, 4.69) is 20.3 Å². The molecule has 0 aromatic carbocycles. The van der Waals surface area contributed by atoms with E-state index in [4.69, 9.17) is 9.47 Å². The molecule has 0 aliphatic carbocycles. The number of aliphatic hydroxyl groups is 2. The number of ether oxygens (including phenoxy) is 2. The highest BCUT2D eigenvalue weighted by Crippen LogP contribution is 2.32. The second-order valence-electron chi connectivity index (χ2n) is 6.32. The van der Waals surface area contributed by atoms with Crippen LogP contribution in [0.25, 0.3) is 11.2 Å². The third-order valence-electron chi connectivity index (χ3n) is 4.23. The molecule has 26 heavy (non-hydrogen) atoms. The SMILES string of the molecule is COC1C(CO)OC(n2cnc3c(=O)[nH]c(NC(=O)C(C)C)nc32)C1O. The van der Waals surface area contributed by atoms with Gasteiger partial charge in [0.05, 0.1) is 12.9 Å². The smallest absolute Gasteiger partial charge is 0.280 e. The average Bonchev–Trinajstić information content (AvgIpc) is 3.15. The van der Waals surface area contributed by atoms with Gasteiger partial charge in [0.1, 0.15) is 18.3 Å². The summed E-state index contributed by atoms with van der Waals surface area (Å²) in [6, 6.07) is 0. The van der Waals surface area contributed by atoms with Gasteiger partial charge in [-0.05, 0) is 0 Å². The molecule has 2 aromatic rings. The first-order valence-corrected chi connectivity index (χ1v) is 8.12. The summed E-state index contributed by atoms with van der Waals surface area (Å²) >= 11 is 0. The van der Waals surface area contributed by atoms with Crippen LogP contribution in [0, 0.1) is 5.92 Å². The van der Waals surface area contributed by atoms with E-state index in [9.17, 15) is 19.8 Å². The van der Waals surface area contributed by atoms with E-state index < -0.39 is 30.1 Å². The summed E-state index contributed by atoms with van der Waals surface area (Å²) in [7, 11) is 1.40. The molecule has 1 fully saturated rings. The molecular formula is C15H21N5O6. The fraction of sp³-hybridized carbons (Fsp3) is 0.600. The van der Waals surface area contributed by atoms with Crippen LogP contribution in [0.4, 0.5) is 5.95 Å². The number of aromatic nitrogens is 4. The summed E-state index contributed by atoms with van der Waals surface area (Å²) in [6.45, 7) is 3.07. The quantitative estimate of drug-likeness (QED) is 0.524. The van der Waals surface area contributed by atoms with Crippen LogP contribution in [0.1, 0.15) is 20.1 Å². The number of nitrogens with one attached hydrogen (secondary N) is 2. The molecule has 1 saturated heterocycles. The Hall–Kier alpha value is -2.34. The second-order valence-corrected chi connectivity index (χ2v) is 6.32. The zero-order chi connectivity index (χ0) is 19.0. The topological polar surface area (TPSA) is 152 Å². The Balaban J connectivity index is 2.01. The van der Waals surface area contributed by atoms with Crippen LogP contribution < -0.4 is 10.9 Å². The molecule has 1 aliphatic heterocycles. The summed E-state index contributed by atoms with van der Waals surface area (Å²) in [4.78, 5) is 34.7. The summed E-state index contributed by atoms with van der Waals surface area (Å²) in [6.07, 6.45) is -2.24. The van der Waals surface area contributed by atoms with Crippen molar-refractivity contribution in [3.05, 3.63) is 16.7 Å². The van der Waals surface area contributed by atoms with Crippen molar-refractivity contribution >= 4 is 23.0 Å². The second kappa shape index (κ2) is 7.11. The van der Waals surface area contributed by atoms with Crippen molar-refractivity contribution in [2.45, 2.75) is 38.4 Å². The van der Waals surface area contributed by atoms with Crippen molar-refractivity contribution in [1.82, 2.24) is 19.5 Å². The van der Waals surface area contributed by atoms with Crippen LogP contribution in [-0.4, -0.2) is 67.7 Å². The first-order valence-electron chi connectivity index (χ1n) is 8.12. The van der Waals surface area contributed by atoms with Gasteiger partial charge in [-0.2, -0.15) is 4.98 Å². The van der Waals surface area contributed by atoms with E-state index in [1.807, 2.05) is 0 Å². The Labute approximate surface area is 148 Å². The first-order chi connectivity index (χ1) is 12.4. The van der Waals surface area contributed by atoms with Crippen LogP contribution in [0.5, 0.6) is 0 Å².